The van der Waals surface area contributed by atoms with Gasteiger partial charge in [-0.05, 0) is 6.42 Å². The number of aliphatic carboxylic acids is 1. The van der Waals surface area contributed by atoms with Crippen LogP contribution in [0.3, 0.4) is 0 Å². The van der Waals surface area contributed by atoms with Crippen LogP contribution in [0.25, 0.3) is 0 Å². The van der Waals surface area contributed by atoms with Gasteiger partial charge in [0.1, 0.15) is 0 Å². The van der Waals surface area contributed by atoms with Crippen LogP contribution in [-0.2, 0) is 9.59 Å². The van der Waals surface area contributed by atoms with Crippen LogP contribution in [-0.4, -0.2) is 35.2 Å². The molecule has 0 heterocycles. The van der Waals surface area contributed by atoms with Crippen LogP contribution in [0.2, 0.25) is 0 Å². The Bertz CT molecular complexity index is 215. The first-order valence-electron chi connectivity index (χ1n) is 4.33. The molecule has 0 saturated carbocycles. The number of carbonyl (C=O) groups excluding carboxylic acids is 1. The monoisotopic (exact) mass is 201 g/mol. The minimum Gasteiger partial charge on any atom is -0.481 e. The summed E-state index contributed by atoms with van der Waals surface area (Å²) < 4.78 is 0. The molecule has 0 aromatic heterocycles. The van der Waals surface area contributed by atoms with Crippen molar-refractivity contribution < 1.29 is 19.8 Å². The molecule has 0 aliphatic heterocycles. The highest BCUT2D eigenvalue weighted by Gasteiger charge is 2.19. The predicted octanol–water partition coefficient (Wildman–Crippen LogP) is -0.238. The smallest absolute Gasteiger partial charge is 0.307 e. The van der Waals surface area contributed by atoms with Crippen LogP contribution in [0, 0.1) is 5.92 Å². The summed E-state index contributed by atoms with van der Waals surface area (Å²) in [6, 6.07) is 0. The minimum absolute atomic E-state index is 0.0820. The number of carboxylic acid groups (broad SMARTS) is 1. The molecule has 0 rings (SSSR count). The zero-order chi connectivity index (χ0) is 11.0. The largest absolute Gasteiger partial charge is 0.481 e. The van der Waals surface area contributed by atoms with Crippen molar-refractivity contribution in [2.24, 2.45) is 5.92 Å². The molecule has 0 spiro atoms. The number of amides is 1. The molecule has 0 bridgehead atoms. The summed E-state index contributed by atoms with van der Waals surface area (Å²) in [6.07, 6.45) is 1.65. The van der Waals surface area contributed by atoms with Crippen molar-refractivity contribution in [2.45, 2.75) is 12.8 Å². The van der Waals surface area contributed by atoms with E-state index in [0.717, 1.165) is 0 Å². The Balaban J connectivity index is 3.95. The van der Waals surface area contributed by atoms with Crippen LogP contribution in [0.15, 0.2) is 12.7 Å². The molecule has 0 fully saturated rings. The molecule has 0 aromatic carbocycles. The number of hydrogen-bond acceptors (Lipinski definition) is 3. The number of nitrogens with one attached hydrogen (secondary N) is 1. The summed E-state index contributed by atoms with van der Waals surface area (Å²) >= 11 is 0. The van der Waals surface area contributed by atoms with Crippen LogP contribution in [0.4, 0.5) is 0 Å². The van der Waals surface area contributed by atoms with Crippen molar-refractivity contribution in [3.8, 4) is 0 Å². The molecule has 0 radical (unpaired) electrons. The Hall–Kier alpha value is -1.36. The molecule has 0 aliphatic carbocycles. The van der Waals surface area contributed by atoms with E-state index in [2.05, 4.69) is 11.9 Å². The lowest BCUT2D eigenvalue weighted by atomic mass is 10.0. The van der Waals surface area contributed by atoms with Gasteiger partial charge in [0.25, 0.3) is 0 Å². The van der Waals surface area contributed by atoms with Gasteiger partial charge >= 0.3 is 5.97 Å². The standard InChI is InChI=1S/C9H15NO4/c1-2-3-7(9(13)14)6-8(12)10-4-5-11/h2,7,11H,1,3-6H2,(H,10,12)(H,13,14)/t7-/m0/s1. The summed E-state index contributed by atoms with van der Waals surface area (Å²) in [5.74, 6) is -2.11. The molecule has 5 heteroatoms. The van der Waals surface area contributed by atoms with Gasteiger partial charge in [-0.1, -0.05) is 6.08 Å². The third-order valence-electron chi connectivity index (χ3n) is 1.67. The van der Waals surface area contributed by atoms with Gasteiger partial charge in [-0.2, -0.15) is 0 Å². The molecule has 0 aliphatic rings. The second kappa shape index (κ2) is 7.08. The number of rotatable bonds is 7. The summed E-state index contributed by atoms with van der Waals surface area (Å²) in [5.41, 5.74) is 0. The minimum atomic E-state index is -1.01. The number of allylic oxidation sites excluding steroid dienone is 1. The first kappa shape index (κ1) is 12.6. The van der Waals surface area contributed by atoms with Gasteiger partial charge in [0, 0.05) is 13.0 Å². The average Bonchev–Trinajstić information content (AvgIpc) is 2.14. The third kappa shape index (κ3) is 5.31. The lowest BCUT2D eigenvalue weighted by Crippen LogP contribution is -2.30. The van der Waals surface area contributed by atoms with E-state index in [4.69, 9.17) is 10.2 Å². The fourth-order valence-corrected chi connectivity index (χ4v) is 0.964. The molecule has 1 atom stereocenters. The number of hydrogen-bond donors (Lipinski definition) is 3. The number of carbonyl (C=O) groups is 2. The Kier molecular flexibility index (Phi) is 6.39. The van der Waals surface area contributed by atoms with Crippen LogP contribution >= 0.6 is 0 Å². The second-order valence-electron chi connectivity index (χ2n) is 2.84. The lowest BCUT2D eigenvalue weighted by Gasteiger charge is -2.09. The quantitative estimate of drug-likeness (QED) is 0.496. The first-order valence-corrected chi connectivity index (χ1v) is 4.33. The van der Waals surface area contributed by atoms with E-state index in [9.17, 15) is 9.59 Å². The van der Waals surface area contributed by atoms with E-state index >= 15 is 0 Å². The molecule has 0 saturated heterocycles. The second-order valence-corrected chi connectivity index (χ2v) is 2.84. The van der Waals surface area contributed by atoms with Gasteiger partial charge < -0.3 is 15.5 Å². The highest BCUT2D eigenvalue weighted by atomic mass is 16.4. The zero-order valence-corrected chi connectivity index (χ0v) is 7.90. The Morgan fingerprint density at radius 3 is 2.57 bits per heavy atom. The van der Waals surface area contributed by atoms with Crippen molar-refractivity contribution >= 4 is 11.9 Å². The average molecular weight is 201 g/mol. The summed E-state index contributed by atoms with van der Waals surface area (Å²) in [7, 11) is 0. The summed E-state index contributed by atoms with van der Waals surface area (Å²) in [5, 5.41) is 19.5. The first-order chi connectivity index (χ1) is 6.61. The van der Waals surface area contributed by atoms with Gasteiger partial charge in [-0.15, -0.1) is 6.58 Å². The topological polar surface area (TPSA) is 86.6 Å². The van der Waals surface area contributed by atoms with E-state index in [0.29, 0.717) is 0 Å². The molecule has 80 valence electrons. The van der Waals surface area contributed by atoms with Crippen molar-refractivity contribution in [1.82, 2.24) is 5.32 Å². The SMILES string of the molecule is C=CC[C@@H](CC(=O)NCCO)C(=O)O. The molecule has 3 N–H and O–H groups in total. The number of aliphatic hydroxyl groups excluding tert-OH is 1. The van der Waals surface area contributed by atoms with Gasteiger partial charge in [-0.3, -0.25) is 9.59 Å². The van der Waals surface area contributed by atoms with Crippen LogP contribution in [0.1, 0.15) is 12.8 Å². The Morgan fingerprint density at radius 1 is 1.50 bits per heavy atom. The normalized spacial score (nSPS) is 11.8. The van der Waals surface area contributed by atoms with E-state index in [1.807, 2.05) is 0 Å². The van der Waals surface area contributed by atoms with Crippen molar-refractivity contribution in [1.29, 1.82) is 0 Å². The maximum atomic E-state index is 11.1. The molecule has 5 nitrogen and oxygen atoms in total. The Morgan fingerprint density at radius 2 is 2.14 bits per heavy atom. The fraction of sp³-hybridized carbons (Fsp3) is 0.556. The summed E-state index contributed by atoms with van der Waals surface area (Å²) in [6.45, 7) is 3.42. The van der Waals surface area contributed by atoms with E-state index < -0.39 is 11.9 Å². The van der Waals surface area contributed by atoms with Gasteiger partial charge in [0.05, 0.1) is 12.5 Å². The van der Waals surface area contributed by atoms with Gasteiger partial charge in [-0.25, -0.2) is 0 Å². The maximum Gasteiger partial charge on any atom is 0.307 e. The molecular weight excluding hydrogens is 186 g/mol. The van der Waals surface area contributed by atoms with E-state index in [1.165, 1.54) is 6.08 Å². The fourth-order valence-electron chi connectivity index (χ4n) is 0.964. The number of aliphatic hydroxyl groups is 1. The molecule has 1 amide bonds. The van der Waals surface area contributed by atoms with Crippen molar-refractivity contribution in [3.63, 3.8) is 0 Å². The van der Waals surface area contributed by atoms with Crippen molar-refractivity contribution in [2.75, 3.05) is 13.2 Å². The highest BCUT2D eigenvalue weighted by molar-refractivity contribution is 5.82. The highest BCUT2D eigenvalue weighted by Crippen LogP contribution is 2.08. The van der Waals surface area contributed by atoms with E-state index in [-0.39, 0.29) is 31.9 Å². The molecule has 14 heavy (non-hydrogen) atoms. The maximum absolute atomic E-state index is 11.1. The Labute approximate surface area is 82.4 Å². The lowest BCUT2D eigenvalue weighted by molar-refractivity contribution is -0.143. The van der Waals surface area contributed by atoms with Crippen LogP contribution in [0.5, 0.6) is 0 Å². The zero-order valence-electron chi connectivity index (χ0n) is 7.90. The predicted molar refractivity (Wildman–Crippen MR) is 50.7 cm³/mol. The third-order valence-corrected chi connectivity index (χ3v) is 1.67. The molecular formula is C9H15NO4. The molecule has 0 aromatic rings. The van der Waals surface area contributed by atoms with Gasteiger partial charge in [0.2, 0.25) is 5.91 Å². The van der Waals surface area contributed by atoms with Gasteiger partial charge in [0.15, 0.2) is 0 Å². The summed E-state index contributed by atoms with van der Waals surface area (Å²) in [4.78, 5) is 21.7. The van der Waals surface area contributed by atoms with Crippen LogP contribution < -0.4 is 5.32 Å². The molecule has 0 unspecified atom stereocenters. The van der Waals surface area contributed by atoms with Crippen molar-refractivity contribution in [3.05, 3.63) is 12.7 Å². The van der Waals surface area contributed by atoms with E-state index in [1.54, 1.807) is 0 Å². The number of carboxylic acids is 1.